The second kappa shape index (κ2) is 5.95. The van der Waals surface area contributed by atoms with E-state index in [2.05, 4.69) is 28.9 Å². The number of rotatable bonds is 4. The minimum atomic E-state index is -0.666. The molecule has 0 aliphatic heterocycles. The summed E-state index contributed by atoms with van der Waals surface area (Å²) in [5, 5.41) is 10.1. The van der Waals surface area contributed by atoms with Crippen LogP contribution in [0.4, 0.5) is 4.39 Å². The van der Waals surface area contributed by atoms with E-state index in [1.165, 1.54) is 17.0 Å². The van der Waals surface area contributed by atoms with Crippen molar-refractivity contribution in [3.63, 3.8) is 0 Å². The van der Waals surface area contributed by atoms with Crippen molar-refractivity contribution in [2.75, 3.05) is 0 Å². The van der Waals surface area contributed by atoms with Gasteiger partial charge in [0.1, 0.15) is 5.82 Å². The summed E-state index contributed by atoms with van der Waals surface area (Å²) in [6.07, 6.45) is 0.868. The van der Waals surface area contributed by atoms with Crippen molar-refractivity contribution in [3.8, 4) is 0 Å². The van der Waals surface area contributed by atoms with Crippen molar-refractivity contribution < 1.29 is 9.50 Å². The summed E-state index contributed by atoms with van der Waals surface area (Å²) in [4.78, 5) is 2.43. The fourth-order valence-corrected chi connectivity index (χ4v) is 3.28. The predicted octanol–water partition coefficient (Wildman–Crippen LogP) is 4.49. The van der Waals surface area contributed by atoms with Gasteiger partial charge in [-0.3, -0.25) is 0 Å². The highest BCUT2D eigenvalue weighted by Crippen LogP contribution is 2.26. The third-order valence-corrected chi connectivity index (χ3v) is 4.44. The van der Waals surface area contributed by atoms with Gasteiger partial charge in [0.2, 0.25) is 0 Å². The van der Waals surface area contributed by atoms with Crippen LogP contribution in [0.2, 0.25) is 0 Å². The molecule has 0 aliphatic carbocycles. The molecule has 0 spiro atoms. The van der Waals surface area contributed by atoms with E-state index in [4.69, 9.17) is 0 Å². The molecule has 0 bridgehead atoms. The Kier molecular flexibility index (Phi) is 4.54. The molecule has 0 saturated heterocycles. The Morgan fingerprint density at radius 1 is 1.28 bits per heavy atom. The minimum Gasteiger partial charge on any atom is -0.388 e. The highest BCUT2D eigenvalue weighted by molar-refractivity contribution is 9.10. The monoisotopic (exact) mass is 328 g/mol. The number of hydrogen-bond donors (Lipinski definition) is 1. The highest BCUT2D eigenvalue weighted by Gasteiger charge is 2.12. The van der Waals surface area contributed by atoms with Crippen LogP contribution in [0.15, 0.2) is 34.8 Å². The summed E-state index contributed by atoms with van der Waals surface area (Å²) < 4.78 is 13.9. The number of aryl methyl sites for hydroxylation is 1. The van der Waals surface area contributed by atoms with Gasteiger partial charge >= 0.3 is 0 Å². The van der Waals surface area contributed by atoms with Crippen molar-refractivity contribution in [1.29, 1.82) is 0 Å². The lowest BCUT2D eigenvalue weighted by atomic mass is 10.1. The van der Waals surface area contributed by atoms with Crippen LogP contribution in [-0.2, 0) is 12.8 Å². The zero-order valence-corrected chi connectivity index (χ0v) is 12.4. The minimum absolute atomic E-state index is 0.334. The molecule has 4 heteroatoms. The lowest BCUT2D eigenvalue weighted by Gasteiger charge is -2.10. The Morgan fingerprint density at radius 2 is 2.00 bits per heavy atom. The molecule has 0 fully saturated rings. The van der Waals surface area contributed by atoms with Crippen LogP contribution < -0.4 is 0 Å². The maximum atomic E-state index is 13.2. The van der Waals surface area contributed by atoms with E-state index in [-0.39, 0.29) is 5.82 Å². The van der Waals surface area contributed by atoms with Crippen LogP contribution in [0.25, 0.3) is 0 Å². The summed E-state index contributed by atoms with van der Waals surface area (Å²) in [6, 6.07) is 8.62. The first kappa shape index (κ1) is 13.7. The molecule has 1 heterocycles. The average Bonchev–Trinajstić information content (AvgIpc) is 2.75. The van der Waals surface area contributed by atoms with Gasteiger partial charge in [-0.15, -0.1) is 11.3 Å². The molecule has 96 valence electrons. The van der Waals surface area contributed by atoms with Crippen LogP contribution >= 0.6 is 27.3 Å². The Hall–Kier alpha value is -0.710. The van der Waals surface area contributed by atoms with E-state index in [1.54, 1.807) is 17.4 Å². The molecular weight excluding hydrogens is 315 g/mol. The van der Waals surface area contributed by atoms with Crippen molar-refractivity contribution in [2.24, 2.45) is 0 Å². The number of aliphatic hydroxyl groups is 1. The Morgan fingerprint density at radius 3 is 2.61 bits per heavy atom. The first-order valence-corrected chi connectivity index (χ1v) is 7.41. The maximum absolute atomic E-state index is 13.2. The van der Waals surface area contributed by atoms with E-state index >= 15 is 0 Å². The van der Waals surface area contributed by atoms with Gasteiger partial charge in [-0.25, -0.2) is 4.39 Å². The highest BCUT2D eigenvalue weighted by atomic mass is 79.9. The molecule has 1 aromatic carbocycles. The van der Waals surface area contributed by atoms with E-state index in [1.807, 2.05) is 6.07 Å². The van der Waals surface area contributed by atoms with Crippen molar-refractivity contribution in [2.45, 2.75) is 25.9 Å². The molecule has 1 aromatic heterocycles. The quantitative estimate of drug-likeness (QED) is 0.876. The summed E-state index contributed by atoms with van der Waals surface area (Å²) >= 11 is 4.93. The summed E-state index contributed by atoms with van der Waals surface area (Å²) in [7, 11) is 0. The maximum Gasteiger partial charge on any atom is 0.124 e. The van der Waals surface area contributed by atoms with Crippen LogP contribution in [-0.4, -0.2) is 5.11 Å². The van der Waals surface area contributed by atoms with Crippen LogP contribution in [0.3, 0.4) is 0 Å². The molecule has 18 heavy (non-hydrogen) atoms. The third-order valence-electron chi connectivity index (χ3n) is 2.73. The van der Waals surface area contributed by atoms with Gasteiger partial charge in [0.15, 0.2) is 0 Å². The molecule has 1 unspecified atom stereocenters. The van der Waals surface area contributed by atoms with Gasteiger partial charge in [0.05, 0.1) is 6.10 Å². The number of benzene rings is 1. The molecule has 0 amide bonds. The fourth-order valence-electron chi connectivity index (χ4n) is 1.80. The average molecular weight is 329 g/mol. The van der Waals surface area contributed by atoms with Gasteiger partial charge < -0.3 is 5.11 Å². The van der Waals surface area contributed by atoms with Gasteiger partial charge in [-0.2, -0.15) is 0 Å². The Bertz CT molecular complexity index is 518. The molecule has 1 nitrogen and oxygen atoms in total. The Balaban J connectivity index is 2.13. The van der Waals surface area contributed by atoms with Gasteiger partial charge in [0, 0.05) is 20.6 Å². The standard InChI is InChI=1S/C14H14BrFOS/c1-2-12-3-4-13(18-12)8-14(17)9-5-10(15)7-11(16)6-9/h3-7,14,17H,2,8H2,1H3. The number of thiophene rings is 1. The lowest BCUT2D eigenvalue weighted by molar-refractivity contribution is 0.179. The van der Waals surface area contributed by atoms with Gasteiger partial charge in [-0.05, 0) is 42.3 Å². The summed E-state index contributed by atoms with van der Waals surface area (Å²) in [6.45, 7) is 2.11. The van der Waals surface area contributed by atoms with E-state index in [9.17, 15) is 9.50 Å². The van der Waals surface area contributed by atoms with Gasteiger partial charge in [-0.1, -0.05) is 22.9 Å². The topological polar surface area (TPSA) is 20.2 Å². The summed E-state index contributed by atoms with van der Waals surface area (Å²) in [5.41, 5.74) is 0.605. The second-order valence-electron chi connectivity index (χ2n) is 4.14. The number of halogens is 2. The number of aliphatic hydroxyl groups excluding tert-OH is 1. The molecule has 1 atom stereocenters. The van der Waals surface area contributed by atoms with Crippen LogP contribution in [0.5, 0.6) is 0 Å². The van der Waals surface area contributed by atoms with Crippen molar-refractivity contribution >= 4 is 27.3 Å². The largest absolute Gasteiger partial charge is 0.388 e. The first-order chi connectivity index (χ1) is 8.58. The van der Waals surface area contributed by atoms with Crippen LogP contribution in [0.1, 0.15) is 28.3 Å². The first-order valence-electron chi connectivity index (χ1n) is 5.80. The molecule has 0 saturated carbocycles. The zero-order chi connectivity index (χ0) is 13.1. The van der Waals surface area contributed by atoms with E-state index in [0.29, 0.717) is 16.5 Å². The zero-order valence-electron chi connectivity index (χ0n) is 9.99. The van der Waals surface area contributed by atoms with Crippen molar-refractivity contribution in [3.05, 3.63) is 55.9 Å². The molecule has 0 aliphatic rings. The molecular formula is C14H14BrFOS. The smallest absolute Gasteiger partial charge is 0.124 e. The third kappa shape index (κ3) is 3.40. The molecule has 1 N–H and O–H groups in total. The normalized spacial score (nSPS) is 12.7. The van der Waals surface area contributed by atoms with Crippen LogP contribution in [0, 0.1) is 5.82 Å². The second-order valence-corrected chi connectivity index (χ2v) is 6.31. The SMILES string of the molecule is CCc1ccc(CC(O)c2cc(F)cc(Br)c2)s1. The van der Waals surface area contributed by atoms with E-state index < -0.39 is 6.10 Å². The lowest BCUT2D eigenvalue weighted by Crippen LogP contribution is -2.01. The Labute approximate surface area is 118 Å². The molecule has 2 rings (SSSR count). The molecule has 0 radical (unpaired) electrons. The summed E-state index contributed by atoms with van der Waals surface area (Å²) in [5.74, 6) is -0.334. The number of hydrogen-bond acceptors (Lipinski definition) is 2. The fraction of sp³-hybridized carbons (Fsp3) is 0.286. The van der Waals surface area contributed by atoms with Crippen molar-refractivity contribution in [1.82, 2.24) is 0 Å². The van der Waals surface area contributed by atoms with Gasteiger partial charge in [0.25, 0.3) is 0 Å². The molecule has 2 aromatic rings. The predicted molar refractivity (Wildman–Crippen MR) is 76.5 cm³/mol. The van der Waals surface area contributed by atoms with E-state index in [0.717, 1.165) is 11.3 Å².